The minimum atomic E-state index is 0.139. The predicted molar refractivity (Wildman–Crippen MR) is 105 cm³/mol. The fourth-order valence-electron chi connectivity index (χ4n) is 3.27. The topological polar surface area (TPSA) is 41.1 Å². The largest absolute Gasteiger partial charge is 0.326 e. The van der Waals surface area contributed by atoms with E-state index in [0.717, 1.165) is 24.3 Å². The van der Waals surface area contributed by atoms with Crippen molar-refractivity contribution in [3.63, 3.8) is 0 Å². The van der Waals surface area contributed by atoms with Crippen LogP contribution in [0.1, 0.15) is 52.5 Å². The zero-order valence-electron chi connectivity index (χ0n) is 15.7. The number of aryl methyl sites for hydroxylation is 1. The highest BCUT2D eigenvalue weighted by molar-refractivity contribution is 8.00. The summed E-state index contributed by atoms with van der Waals surface area (Å²) in [5.41, 5.74) is 2.07. The van der Waals surface area contributed by atoms with E-state index in [1.165, 1.54) is 17.7 Å². The molecule has 2 rings (SSSR count). The third kappa shape index (κ3) is 6.14. The molecule has 0 bridgehead atoms. The van der Waals surface area contributed by atoms with Crippen LogP contribution in [0, 0.1) is 18.8 Å². The molecule has 1 amide bonds. The average molecular weight is 349 g/mol. The van der Waals surface area contributed by atoms with Crippen molar-refractivity contribution in [1.82, 2.24) is 5.32 Å². The van der Waals surface area contributed by atoms with Gasteiger partial charge in [-0.3, -0.25) is 4.79 Å². The number of carbonyl (C=O) groups excluding carboxylic acids is 1. The van der Waals surface area contributed by atoms with Crippen LogP contribution in [0.5, 0.6) is 0 Å². The van der Waals surface area contributed by atoms with Gasteiger partial charge in [0.1, 0.15) is 0 Å². The van der Waals surface area contributed by atoms with E-state index in [0.29, 0.717) is 18.3 Å². The fourth-order valence-corrected chi connectivity index (χ4v) is 4.35. The van der Waals surface area contributed by atoms with Gasteiger partial charge in [0.15, 0.2) is 0 Å². The van der Waals surface area contributed by atoms with Crippen molar-refractivity contribution >= 4 is 23.4 Å². The maximum atomic E-state index is 12.4. The van der Waals surface area contributed by atoms with Crippen LogP contribution in [0.2, 0.25) is 0 Å². The Hall–Kier alpha value is -1.00. The zero-order valence-corrected chi connectivity index (χ0v) is 16.6. The quantitative estimate of drug-likeness (QED) is 0.747. The number of hydrogen-bond donors (Lipinski definition) is 2. The van der Waals surface area contributed by atoms with Crippen LogP contribution in [0.25, 0.3) is 0 Å². The van der Waals surface area contributed by atoms with Crippen molar-refractivity contribution in [2.75, 3.05) is 18.4 Å². The summed E-state index contributed by atoms with van der Waals surface area (Å²) in [7, 11) is 0. The predicted octanol–water partition coefficient (Wildman–Crippen LogP) is 4.85. The maximum Gasteiger partial charge on any atom is 0.224 e. The second-order valence-corrected chi connectivity index (χ2v) is 9.91. The molecule has 0 spiro atoms. The van der Waals surface area contributed by atoms with E-state index in [1.54, 1.807) is 0 Å². The molecule has 1 fully saturated rings. The lowest BCUT2D eigenvalue weighted by Crippen LogP contribution is -2.32. The van der Waals surface area contributed by atoms with Gasteiger partial charge in [0.2, 0.25) is 5.91 Å². The van der Waals surface area contributed by atoms with Crippen LogP contribution in [-0.2, 0) is 4.79 Å². The van der Waals surface area contributed by atoms with E-state index in [9.17, 15) is 4.79 Å². The van der Waals surface area contributed by atoms with Crippen LogP contribution >= 0.6 is 11.8 Å². The van der Waals surface area contributed by atoms with Crippen molar-refractivity contribution in [3.8, 4) is 0 Å². The molecule has 0 radical (unpaired) electrons. The molecule has 4 heteroatoms. The van der Waals surface area contributed by atoms with Gasteiger partial charge in [0.05, 0.1) is 0 Å². The number of rotatable bonds is 5. The highest BCUT2D eigenvalue weighted by Gasteiger charge is 2.22. The summed E-state index contributed by atoms with van der Waals surface area (Å²) in [5.74, 6) is 1.26. The van der Waals surface area contributed by atoms with Crippen molar-refractivity contribution < 1.29 is 4.79 Å². The molecule has 1 aliphatic heterocycles. The molecule has 1 saturated heterocycles. The smallest absolute Gasteiger partial charge is 0.224 e. The van der Waals surface area contributed by atoms with E-state index >= 15 is 0 Å². The summed E-state index contributed by atoms with van der Waals surface area (Å²) in [6.45, 7) is 13.1. The first-order valence-corrected chi connectivity index (χ1v) is 9.86. The highest BCUT2D eigenvalue weighted by atomic mass is 32.2. The van der Waals surface area contributed by atoms with Gasteiger partial charge in [-0.2, -0.15) is 0 Å². The van der Waals surface area contributed by atoms with E-state index in [1.807, 2.05) is 17.8 Å². The SMILES string of the molecule is Cc1cc(SC(C)(C)C)ccc1NC(=O)CC(C)C1CCNCC1. The number of piperidine rings is 1. The zero-order chi connectivity index (χ0) is 17.7. The Labute approximate surface area is 151 Å². The first kappa shape index (κ1) is 19.3. The van der Waals surface area contributed by atoms with E-state index in [-0.39, 0.29) is 10.7 Å². The van der Waals surface area contributed by atoms with Crippen LogP contribution in [-0.4, -0.2) is 23.7 Å². The lowest BCUT2D eigenvalue weighted by atomic mass is 9.84. The van der Waals surface area contributed by atoms with Crippen molar-refractivity contribution in [1.29, 1.82) is 0 Å². The number of amides is 1. The number of benzene rings is 1. The Morgan fingerprint density at radius 1 is 1.33 bits per heavy atom. The molecule has 24 heavy (non-hydrogen) atoms. The van der Waals surface area contributed by atoms with E-state index < -0.39 is 0 Å². The Morgan fingerprint density at radius 2 is 2.00 bits per heavy atom. The van der Waals surface area contributed by atoms with Gasteiger partial charge in [0.25, 0.3) is 0 Å². The van der Waals surface area contributed by atoms with Gasteiger partial charge in [-0.05, 0) is 68.5 Å². The van der Waals surface area contributed by atoms with Gasteiger partial charge in [0, 0.05) is 21.8 Å². The minimum absolute atomic E-state index is 0.139. The summed E-state index contributed by atoms with van der Waals surface area (Å²) in [5, 5.41) is 6.50. The molecule has 1 aromatic carbocycles. The highest BCUT2D eigenvalue weighted by Crippen LogP contribution is 2.33. The summed E-state index contributed by atoms with van der Waals surface area (Å²) in [4.78, 5) is 13.7. The Kier molecular flexibility index (Phi) is 6.76. The molecule has 0 saturated carbocycles. The Bertz CT molecular complexity index is 559. The second-order valence-electron chi connectivity index (χ2n) is 8.01. The maximum absolute atomic E-state index is 12.4. The molecular weight excluding hydrogens is 316 g/mol. The molecule has 1 heterocycles. The second kappa shape index (κ2) is 8.39. The van der Waals surface area contributed by atoms with Crippen LogP contribution in [0.15, 0.2) is 23.1 Å². The number of carbonyl (C=O) groups is 1. The van der Waals surface area contributed by atoms with Crippen molar-refractivity contribution in [2.24, 2.45) is 11.8 Å². The van der Waals surface area contributed by atoms with Crippen LogP contribution in [0.4, 0.5) is 5.69 Å². The standard InChI is InChI=1S/C20H32N2OS/c1-14(16-8-10-21-11-9-16)13-19(23)22-18-7-6-17(12-15(18)2)24-20(3,4)5/h6-7,12,14,16,21H,8-11,13H2,1-5H3,(H,22,23). The molecule has 1 aliphatic rings. The summed E-state index contributed by atoms with van der Waals surface area (Å²) in [6.07, 6.45) is 2.99. The Balaban J connectivity index is 1.91. The molecule has 1 aromatic rings. The number of thioether (sulfide) groups is 1. The average Bonchev–Trinajstić information content (AvgIpc) is 2.49. The normalized spacial score (nSPS) is 17.5. The monoisotopic (exact) mass is 348 g/mol. The van der Waals surface area contributed by atoms with Gasteiger partial charge in [-0.1, -0.05) is 27.7 Å². The van der Waals surface area contributed by atoms with Crippen LogP contribution in [0.3, 0.4) is 0 Å². The number of nitrogens with one attached hydrogen (secondary N) is 2. The molecule has 1 unspecified atom stereocenters. The van der Waals surface area contributed by atoms with Gasteiger partial charge < -0.3 is 10.6 Å². The molecule has 134 valence electrons. The molecule has 2 N–H and O–H groups in total. The minimum Gasteiger partial charge on any atom is -0.326 e. The molecule has 1 atom stereocenters. The van der Waals surface area contributed by atoms with E-state index in [4.69, 9.17) is 0 Å². The third-order valence-electron chi connectivity index (χ3n) is 4.59. The lowest BCUT2D eigenvalue weighted by molar-refractivity contribution is -0.117. The number of anilines is 1. The third-order valence-corrected chi connectivity index (χ3v) is 5.69. The lowest BCUT2D eigenvalue weighted by Gasteiger charge is -2.28. The van der Waals surface area contributed by atoms with Gasteiger partial charge >= 0.3 is 0 Å². The first-order valence-electron chi connectivity index (χ1n) is 9.05. The van der Waals surface area contributed by atoms with Crippen LogP contribution < -0.4 is 10.6 Å². The molecule has 0 aliphatic carbocycles. The summed E-state index contributed by atoms with van der Waals surface area (Å²) in [6, 6.07) is 6.31. The molecule has 0 aromatic heterocycles. The summed E-state index contributed by atoms with van der Waals surface area (Å²) < 4.78 is 0.196. The first-order chi connectivity index (χ1) is 11.2. The molecule has 3 nitrogen and oxygen atoms in total. The van der Waals surface area contributed by atoms with Crippen molar-refractivity contribution in [3.05, 3.63) is 23.8 Å². The number of hydrogen-bond acceptors (Lipinski definition) is 3. The van der Waals surface area contributed by atoms with Gasteiger partial charge in [-0.25, -0.2) is 0 Å². The van der Waals surface area contributed by atoms with Gasteiger partial charge in [-0.15, -0.1) is 11.8 Å². The fraction of sp³-hybridized carbons (Fsp3) is 0.650. The molecular formula is C20H32N2OS. The van der Waals surface area contributed by atoms with E-state index in [2.05, 4.69) is 57.4 Å². The summed E-state index contributed by atoms with van der Waals surface area (Å²) >= 11 is 1.85. The Morgan fingerprint density at radius 3 is 2.58 bits per heavy atom. The van der Waals surface area contributed by atoms with Crippen molar-refractivity contribution in [2.45, 2.75) is 63.5 Å².